The highest BCUT2D eigenvalue weighted by atomic mass is 32.2. The van der Waals surface area contributed by atoms with Gasteiger partial charge in [-0.15, -0.1) is 0 Å². The van der Waals surface area contributed by atoms with Crippen LogP contribution in [0.4, 0.5) is 0 Å². The Labute approximate surface area is 141 Å². The van der Waals surface area contributed by atoms with Crippen molar-refractivity contribution in [2.24, 2.45) is 0 Å². The fourth-order valence-electron chi connectivity index (χ4n) is 3.01. The molecule has 132 valence electrons. The standard InChI is InChI=1S/C15H23N5O3S/c1-4-24(21,22)17-7-14-9-19(8-13-5-6-16-20(13)14)10-15-11(2)18-23-12(15)3/h5-6,14,17H,4,7-10H2,1-3H3. The van der Waals surface area contributed by atoms with Gasteiger partial charge in [0.25, 0.3) is 0 Å². The molecule has 0 aromatic carbocycles. The normalized spacial score (nSPS) is 18.7. The van der Waals surface area contributed by atoms with Crippen LogP contribution in [0.5, 0.6) is 0 Å². The van der Waals surface area contributed by atoms with Gasteiger partial charge in [-0.1, -0.05) is 5.16 Å². The molecule has 1 atom stereocenters. The average Bonchev–Trinajstić information content (AvgIpc) is 3.14. The molecule has 0 saturated heterocycles. The quantitative estimate of drug-likeness (QED) is 0.832. The minimum absolute atomic E-state index is 0.0365. The van der Waals surface area contributed by atoms with Crippen LogP contribution < -0.4 is 4.72 Å². The monoisotopic (exact) mass is 353 g/mol. The number of fused-ring (bicyclic) bond motifs is 1. The molecular weight excluding hydrogens is 330 g/mol. The maximum atomic E-state index is 11.7. The van der Waals surface area contributed by atoms with E-state index in [0.29, 0.717) is 13.1 Å². The summed E-state index contributed by atoms with van der Waals surface area (Å²) in [5, 5.41) is 8.36. The number of rotatable bonds is 6. The Morgan fingerprint density at radius 2 is 2.21 bits per heavy atom. The second-order valence-electron chi connectivity index (χ2n) is 6.15. The molecule has 1 aliphatic rings. The molecule has 3 heterocycles. The van der Waals surface area contributed by atoms with E-state index in [2.05, 4.69) is 19.9 Å². The number of aromatic nitrogens is 3. The van der Waals surface area contributed by atoms with E-state index in [1.807, 2.05) is 24.6 Å². The van der Waals surface area contributed by atoms with Crippen LogP contribution >= 0.6 is 0 Å². The van der Waals surface area contributed by atoms with Gasteiger partial charge in [0.1, 0.15) is 5.76 Å². The molecule has 0 radical (unpaired) electrons. The number of sulfonamides is 1. The van der Waals surface area contributed by atoms with Crippen LogP contribution in [0, 0.1) is 13.8 Å². The molecule has 9 heteroatoms. The molecule has 2 aromatic heterocycles. The van der Waals surface area contributed by atoms with Crippen molar-refractivity contribution in [3.05, 3.63) is 35.0 Å². The first kappa shape index (κ1) is 17.1. The first-order valence-corrected chi connectivity index (χ1v) is 9.68. The van der Waals surface area contributed by atoms with Gasteiger partial charge in [-0.3, -0.25) is 9.58 Å². The highest BCUT2D eigenvalue weighted by molar-refractivity contribution is 7.89. The molecule has 0 saturated carbocycles. The Kier molecular flexibility index (Phi) is 4.75. The van der Waals surface area contributed by atoms with Crippen molar-refractivity contribution in [3.8, 4) is 0 Å². The maximum Gasteiger partial charge on any atom is 0.211 e. The van der Waals surface area contributed by atoms with E-state index >= 15 is 0 Å². The first-order valence-electron chi connectivity index (χ1n) is 8.03. The van der Waals surface area contributed by atoms with Crippen LogP contribution in [0.15, 0.2) is 16.8 Å². The van der Waals surface area contributed by atoms with Crippen LogP contribution in [0.25, 0.3) is 0 Å². The lowest BCUT2D eigenvalue weighted by Gasteiger charge is -2.33. The third kappa shape index (κ3) is 3.52. The second-order valence-corrected chi connectivity index (χ2v) is 8.24. The minimum atomic E-state index is -3.22. The van der Waals surface area contributed by atoms with E-state index in [9.17, 15) is 8.42 Å². The highest BCUT2D eigenvalue weighted by Gasteiger charge is 2.27. The zero-order valence-electron chi connectivity index (χ0n) is 14.2. The zero-order chi connectivity index (χ0) is 17.3. The summed E-state index contributed by atoms with van der Waals surface area (Å²) >= 11 is 0. The summed E-state index contributed by atoms with van der Waals surface area (Å²) in [7, 11) is -3.22. The van der Waals surface area contributed by atoms with Gasteiger partial charge >= 0.3 is 0 Å². The molecule has 24 heavy (non-hydrogen) atoms. The number of nitrogens with one attached hydrogen (secondary N) is 1. The van der Waals surface area contributed by atoms with Gasteiger partial charge in [0.05, 0.1) is 23.2 Å². The first-order chi connectivity index (χ1) is 11.4. The smallest absolute Gasteiger partial charge is 0.211 e. The minimum Gasteiger partial charge on any atom is -0.361 e. The van der Waals surface area contributed by atoms with E-state index < -0.39 is 10.0 Å². The third-order valence-corrected chi connectivity index (χ3v) is 5.80. The molecule has 1 N–H and O–H groups in total. The summed E-state index contributed by atoms with van der Waals surface area (Å²) in [6.07, 6.45) is 1.76. The summed E-state index contributed by atoms with van der Waals surface area (Å²) in [5.74, 6) is 0.906. The van der Waals surface area contributed by atoms with Crippen molar-refractivity contribution in [2.75, 3.05) is 18.8 Å². The van der Waals surface area contributed by atoms with Gasteiger partial charge in [0, 0.05) is 37.9 Å². The largest absolute Gasteiger partial charge is 0.361 e. The Bertz CT molecular complexity index is 791. The van der Waals surface area contributed by atoms with Crippen LogP contribution in [-0.4, -0.2) is 47.1 Å². The summed E-state index contributed by atoms with van der Waals surface area (Å²) in [6.45, 7) is 8.02. The molecule has 0 aliphatic carbocycles. The van der Waals surface area contributed by atoms with Crippen LogP contribution in [0.3, 0.4) is 0 Å². The third-order valence-electron chi connectivity index (χ3n) is 4.43. The SMILES string of the molecule is CCS(=O)(=O)NCC1CN(Cc2c(C)noc2C)Cc2ccnn21. The molecular formula is C15H23N5O3S. The molecule has 2 aromatic rings. The van der Waals surface area contributed by atoms with E-state index in [0.717, 1.165) is 35.8 Å². The van der Waals surface area contributed by atoms with Crippen molar-refractivity contribution in [2.45, 2.75) is 39.9 Å². The fraction of sp³-hybridized carbons (Fsp3) is 0.600. The molecule has 0 spiro atoms. The van der Waals surface area contributed by atoms with Crippen LogP contribution in [-0.2, 0) is 23.1 Å². The lowest BCUT2D eigenvalue weighted by atomic mass is 10.1. The summed E-state index contributed by atoms with van der Waals surface area (Å²) in [5.41, 5.74) is 3.07. The number of aryl methyl sites for hydroxylation is 2. The number of hydrogen-bond acceptors (Lipinski definition) is 6. The van der Waals surface area contributed by atoms with E-state index in [1.165, 1.54) is 0 Å². The van der Waals surface area contributed by atoms with Crippen molar-refractivity contribution >= 4 is 10.0 Å². The molecule has 1 aliphatic heterocycles. The molecule has 0 fully saturated rings. The topological polar surface area (TPSA) is 93.3 Å². The Hall–Kier alpha value is -1.71. The van der Waals surface area contributed by atoms with Gasteiger partial charge in [-0.25, -0.2) is 13.1 Å². The average molecular weight is 353 g/mol. The number of hydrogen-bond donors (Lipinski definition) is 1. The van der Waals surface area contributed by atoms with Crippen molar-refractivity contribution in [1.82, 2.24) is 24.6 Å². The van der Waals surface area contributed by atoms with Crippen LogP contribution in [0.1, 0.15) is 35.7 Å². The Morgan fingerprint density at radius 1 is 1.42 bits per heavy atom. The second kappa shape index (κ2) is 6.66. The van der Waals surface area contributed by atoms with E-state index in [4.69, 9.17) is 4.52 Å². The van der Waals surface area contributed by atoms with Gasteiger partial charge < -0.3 is 4.52 Å². The predicted octanol–water partition coefficient (Wildman–Crippen LogP) is 0.984. The zero-order valence-corrected chi connectivity index (χ0v) is 15.0. The molecule has 8 nitrogen and oxygen atoms in total. The highest BCUT2D eigenvalue weighted by Crippen LogP contribution is 2.23. The summed E-state index contributed by atoms with van der Waals surface area (Å²) < 4.78 is 33.3. The Morgan fingerprint density at radius 3 is 2.88 bits per heavy atom. The van der Waals surface area contributed by atoms with Crippen molar-refractivity contribution in [3.63, 3.8) is 0 Å². The van der Waals surface area contributed by atoms with Crippen molar-refractivity contribution < 1.29 is 12.9 Å². The lowest BCUT2D eigenvalue weighted by molar-refractivity contribution is 0.167. The summed E-state index contributed by atoms with van der Waals surface area (Å²) in [4.78, 5) is 2.27. The van der Waals surface area contributed by atoms with E-state index in [-0.39, 0.29) is 11.8 Å². The van der Waals surface area contributed by atoms with Gasteiger partial charge in [0.15, 0.2) is 0 Å². The Balaban J connectivity index is 1.76. The fourth-order valence-corrected chi connectivity index (χ4v) is 3.66. The number of nitrogens with zero attached hydrogens (tertiary/aromatic N) is 4. The lowest BCUT2D eigenvalue weighted by Crippen LogP contribution is -2.43. The van der Waals surface area contributed by atoms with Crippen LogP contribution in [0.2, 0.25) is 0 Å². The maximum absolute atomic E-state index is 11.7. The summed E-state index contributed by atoms with van der Waals surface area (Å²) in [6, 6.07) is 1.94. The molecule has 0 bridgehead atoms. The van der Waals surface area contributed by atoms with Crippen molar-refractivity contribution in [1.29, 1.82) is 0 Å². The van der Waals surface area contributed by atoms with E-state index in [1.54, 1.807) is 13.1 Å². The molecule has 1 unspecified atom stereocenters. The predicted molar refractivity (Wildman–Crippen MR) is 88.8 cm³/mol. The van der Waals surface area contributed by atoms with Gasteiger partial charge in [-0.05, 0) is 26.8 Å². The molecule has 0 amide bonds. The molecule has 3 rings (SSSR count). The van der Waals surface area contributed by atoms with Gasteiger partial charge in [-0.2, -0.15) is 5.10 Å². The van der Waals surface area contributed by atoms with Gasteiger partial charge in [0.2, 0.25) is 10.0 Å².